The third-order valence-corrected chi connectivity index (χ3v) is 7.99. The molecule has 0 spiro atoms. The van der Waals surface area contributed by atoms with E-state index in [9.17, 15) is 4.79 Å². The first-order valence-corrected chi connectivity index (χ1v) is 12.2. The molecule has 0 aliphatic carbocycles. The quantitative estimate of drug-likeness (QED) is 0.406. The highest BCUT2D eigenvalue weighted by Crippen LogP contribution is 2.38. The van der Waals surface area contributed by atoms with E-state index in [4.69, 9.17) is 0 Å². The molecule has 0 radical (unpaired) electrons. The van der Waals surface area contributed by atoms with Crippen molar-refractivity contribution in [2.45, 2.75) is 23.8 Å². The van der Waals surface area contributed by atoms with E-state index < -0.39 is 0 Å². The Morgan fingerprint density at radius 1 is 0.969 bits per heavy atom. The Hall–Kier alpha value is -2.97. The van der Waals surface area contributed by atoms with Gasteiger partial charge in [-0.1, -0.05) is 30.0 Å². The summed E-state index contributed by atoms with van der Waals surface area (Å²) in [5.74, 6) is 1.03. The predicted octanol–water partition coefficient (Wildman–Crippen LogP) is 4.82. The molecule has 4 heterocycles. The molecule has 1 aliphatic heterocycles. The van der Waals surface area contributed by atoms with Gasteiger partial charge >= 0.3 is 0 Å². The maximum absolute atomic E-state index is 13.4. The summed E-state index contributed by atoms with van der Waals surface area (Å²) in [6.07, 6.45) is 3.42. The zero-order valence-corrected chi connectivity index (χ0v) is 19.6. The third-order valence-electron chi connectivity index (χ3n) is 5.79. The van der Waals surface area contributed by atoms with Gasteiger partial charge in [-0.3, -0.25) is 4.79 Å². The Balaban J connectivity index is 1.37. The van der Waals surface area contributed by atoms with Crippen molar-refractivity contribution in [3.05, 3.63) is 71.0 Å². The third kappa shape index (κ3) is 3.96. The molecule has 4 aromatic rings. The lowest BCUT2D eigenvalue weighted by Crippen LogP contribution is -2.49. The number of anilines is 1. The molecule has 0 atom stereocenters. The monoisotopic (exact) mass is 461 g/mol. The number of rotatable bonds is 4. The van der Waals surface area contributed by atoms with E-state index in [1.807, 2.05) is 47.4 Å². The van der Waals surface area contributed by atoms with E-state index in [1.54, 1.807) is 35.6 Å². The second-order valence-corrected chi connectivity index (χ2v) is 9.94. The summed E-state index contributed by atoms with van der Waals surface area (Å²) in [5, 5.41) is 1.99. The number of aryl methyl sites for hydroxylation is 2. The number of amides is 1. The van der Waals surface area contributed by atoms with Crippen LogP contribution in [0, 0.1) is 13.8 Å². The number of fused-ring (bicyclic) bond motifs is 1. The van der Waals surface area contributed by atoms with Gasteiger partial charge in [0.25, 0.3) is 5.91 Å². The maximum atomic E-state index is 13.4. The zero-order valence-electron chi connectivity index (χ0n) is 18.0. The number of pyridine rings is 1. The molecule has 0 unspecified atom stereocenters. The van der Waals surface area contributed by atoms with Gasteiger partial charge in [-0.2, -0.15) is 0 Å². The summed E-state index contributed by atoms with van der Waals surface area (Å²) in [5.41, 5.74) is 1.93. The first-order valence-electron chi connectivity index (χ1n) is 10.5. The normalized spacial score (nSPS) is 14.2. The fourth-order valence-corrected chi connectivity index (χ4v) is 6.05. The van der Waals surface area contributed by atoms with Gasteiger partial charge in [0.15, 0.2) is 0 Å². The van der Waals surface area contributed by atoms with Crippen LogP contribution in [0.5, 0.6) is 0 Å². The van der Waals surface area contributed by atoms with Crippen molar-refractivity contribution in [2.24, 2.45) is 0 Å². The topological polar surface area (TPSA) is 62.2 Å². The van der Waals surface area contributed by atoms with Gasteiger partial charge < -0.3 is 9.80 Å². The average Bonchev–Trinajstić information content (AvgIpc) is 3.14. The number of piperazine rings is 1. The van der Waals surface area contributed by atoms with Crippen LogP contribution in [0.25, 0.3) is 10.2 Å². The fourth-order valence-electron chi connectivity index (χ4n) is 3.91. The summed E-state index contributed by atoms with van der Waals surface area (Å²) >= 11 is 3.23. The standard InChI is InChI=1S/C24H23N5OS2/c1-16-17(2)31-22-21(16)23(27-15-26-22)32-19-8-4-3-7-18(19)24(30)29-13-11-28(12-14-29)20-9-5-6-10-25-20/h3-10,15H,11-14H2,1-2H3. The van der Waals surface area contributed by atoms with E-state index in [-0.39, 0.29) is 5.91 Å². The fraction of sp³-hybridized carbons (Fsp3) is 0.250. The molecule has 6 nitrogen and oxygen atoms in total. The van der Waals surface area contributed by atoms with Gasteiger partial charge in [0.2, 0.25) is 0 Å². The minimum atomic E-state index is 0.0669. The number of carbonyl (C=O) groups is 1. The SMILES string of the molecule is Cc1sc2ncnc(Sc3ccccc3C(=O)N3CCN(c4ccccn4)CC3)c2c1C. The molecule has 1 amide bonds. The number of thiophene rings is 1. The van der Waals surface area contributed by atoms with E-state index in [2.05, 4.69) is 33.7 Å². The predicted molar refractivity (Wildman–Crippen MR) is 130 cm³/mol. The number of benzene rings is 1. The van der Waals surface area contributed by atoms with Gasteiger partial charge in [-0.05, 0) is 43.7 Å². The Morgan fingerprint density at radius 3 is 2.53 bits per heavy atom. The van der Waals surface area contributed by atoms with Crippen LogP contribution in [0.4, 0.5) is 5.82 Å². The molecular formula is C24H23N5OS2. The first kappa shape index (κ1) is 20.9. The second kappa shape index (κ2) is 8.88. The van der Waals surface area contributed by atoms with Crippen LogP contribution in [-0.4, -0.2) is 51.9 Å². The van der Waals surface area contributed by atoms with Crippen molar-refractivity contribution in [3.8, 4) is 0 Å². The summed E-state index contributed by atoms with van der Waals surface area (Å²) < 4.78 is 0. The maximum Gasteiger partial charge on any atom is 0.255 e. The number of aromatic nitrogens is 3. The number of nitrogens with zero attached hydrogens (tertiary/aromatic N) is 5. The lowest BCUT2D eigenvalue weighted by Gasteiger charge is -2.35. The zero-order chi connectivity index (χ0) is 22.1. The Bertz CT molecular complexity index is 1270. The smallest absolute Gasteiger partial charge is 0.255 e. The minimum absolute atomic E-state index is 0.0669. The van der Waals surface area contributed by atoms with Gasteiger partial charge in [-0.25, -0.2) is 15.0 Å². The highest BCUT2D eigenvalue weighted by atomic mass is 32.2. The highest BCUT2D eigenvalue weighted by Gasteiger charge is 2.25. The summed E-state index contributed by atoms with van der Waals surface area (Å²) in [4.78, 5) is 34.2. The van der Waals surface area contributed by atoms with Crippen LogP contribution in [0.3, 0.4) is 0 Å². The van der Waals surface area contributed by atoms with E-state index in [0.717, 1.165) is 44.6 Å². The molecule has 8 heteroatoms. The largest absolute Gasteiger partial charge is 0.353 e. The molecule has 32 heavy (non-hydrogen) atoms. The Kier molecular flexibility index (Phi) is 5.80. The lowest BCUT2D eigenvalue weighted by molar-refractivity contribution is 0.0743. The Morgan fingerprint density at radius 2 is 1.75 bits per heavy atom. The summed E-state index contributed by atoms with van der Waals surface area (Å²) in [6.45, 7) is 7.12. The molecule has 0 N–H and O–H groups in total. The molecule has 5 rings (SSSR count). The van der Waals surface area contributed by atoms with Crippen molar-refractivity contribution in [1.29, 1.82) is 0 Å². The number of hydrogen-bond acceptors (Lipinski definition) is 7. The minimum Gasteiger partial charge on any atom is -0.353 e. The van der Waals surface area contributed by atoms with Crippen LogP contribution in [0.15, 0.2) is 64.9 Å². The van der Waals surface area contributed by atoms with Gasteiger partial charge in [0.1, 0.15) is 22.0 Å². The molecule has 1 saturated heterocycles. The van der Waals surface area contributed by atoms with Gasteiger partial charge in [0, 0.05) is 47.5 Å². The van der Waals surface area contributed by atoms with E-state index in [1.165, 1.54) is 10.4 Å². The Labute approximate surface area is 195 Å². The number of hydrogen-bond donors (Lipinski definition) is 0. The molecule has 3 aromatic heterocycles. The van der Waals surface area contributed by atoms with Crippen LogP contribution < -0.4 is 4.90 Å². The first-order chi connectivity index (χ1) is 15.6. The lowest BCUT2D eigenvalue weighted by atomic mass is 10.2. The van der Waals surface area contributed by atoms with Crippen LogP contribution >= 0.6 is 23.1 Å². The van der Waals surface area contributed by atoms with Crippen molar-refractivity contribution < 1.29 is 4.79 Å². The van der Waals surface area contributed by atoms with Gasteiger partial charge in [0.05, 0.1) is 5.56 Å². The van der Waals surface area contributed by atoms with Crippen molar-refractivity contribution in [1.82, 2.24) is 19.9 Å². The van der Waals surface area contributed by atoms with Crippen LogP contribution in [0.2, 0.25) is 0 Å². The summed E-state index contributed by atoms with van der Waals surface area (Å²) in [6, 6.07) is 13.8. The van der Waals surface area contributed by atoms with E-state index in [0.29, 0.717) is 13.1 Å². The molecular weight excluding hydrogens is 438 g/mol. The molecule has 162 valence electrons. The van der Waals surface area contributed by atoms with Crippen LogP contribution in [-0.2, 0) is 0 Å². The highest BCUT2D eigenvalue weighted by molar-refractivity contribution is 7.99. The molecule has 1 aromatic carbocycles. The number of carbonyl (C=O) groups excluding carboxylic acids is 1. The van der Waals surface area contributed by atoms with E-state index >= 15 is 0 Å². The van der Waals surface area contributed by atoms with Crippen molar-refractivity contribution in [2.75, 3.05) is 31.1 Å². The molecule has 1 aliphatic rings. The van der Waals surface area contributed by atoms with Crippen molar-refractivity contribution in [3.63, 3.8) is 0 Å². The van der Waals surface area contributed by atoms with Crippen LogP contribution in [0.1, 0.15) is 20.8 Å². The molecule has 1 fully saturated rings. The summed E-state index contributed by atoms with van der Waals surface area (Å²) in [7, 11) is 0. The van der Waals surface area contributed by atoms with Gasteiger partial charge in [-0.15, -0.1) is 11.3 Å². The average molecular weight is 462 g/mol. The second-order valence-electron chi connectivity index (χ2n) is 7.71. The van der Waals surface area contributed by atoms with Crippen molar-refractivity contribution >= 4 is 45.0 Å². The molecule has 0 saturated carbocycles. The molecule has 0 bridgehead atoms.